The number of hydrogen-bond acceptors (Lipinski definition) is 7. The smallest absolute Gasteiger partial charge is 0.311 e. The fourth-order valence-electron chi connectivity index (χ4n) is 1.18. The van der Waals surface area contributed by atoms with Gasteiger partial charge in [-0.2, -0.15) is 0 Å². The number of methoxy groups -OCH3 is 1. The van der Waals surface area contributed by atoms with E-state index >= 15 is 0 Å². The molecule has 0 aliphatic heterocycles. The van der Waals surface area contributed by atoms with Crippen LogP contribution in [0.5, 0.6) is 16.7 Å². The highest BCUT2D eigenvalue weighted by Crippen LogP contribution is 2.36. The predicted molar refractivity (Wildman–Crippen MR) is 67.3 cm³/mol. The van der Waals surface area contributed by atoms with Gasteiger partial charge in [0.05, 0.1) is 12.0 Å². The SMILES string of the molecule is COc1ccc([N+](=O)[O-])c(Oc2nnc(Br)s2)c1. The maximum absolute atomic E-state index is 10.9. The minimum absolute atomic E-state index is 0.0583. The Kier molecular flexibility index (Phi) is 3.72. The second-order valence-electron chi connectivity index (χ2n) is 3.01. The van der Waals surface area contributed by atoms with Crippen LogP contribution in [0.15, 0.2) is 22.1 Å². The van der Waals surface area contributed by atoms with Crippen LogP contribution < -0.4 is 9.47 Å². The van der Waals surface area contributed by atoms with Crippen LogP contribution in [0.25, 0.3) is 0 Å². The van der Waals surface area contributed by atoms with E-state index in [1.165, 1.54) is 25.3 Å². The molecule has 0 fully saturated rings. The fourth-order valence-corrected chi connectivity index (χ4v) is 2.12. The van der Waals surface area contributed by atoms with Gasteiger partial charge in [-0.25, -0.2) is 0 Å². The first-order chi connectivity index (χ1) is 8.60. The summed E-state index contributed by atoms with van der Waals surface area (Å²) in [6, 6.07) is 4.22. The van der Waals surface area contributed by atoms with Gasteiger partial charge < -0.3 is 9.47 Å². The average molecular weight is 332 g/mol. The van der Waals surface area contributed by atoms with Gasteiger partial charge in [-0.3, -0.25) is 10.1 Å². The third-order valence-corrected chi connectivity index (χ3v) is 3.18. The Morgan fingerprint density at radius 3 is 2.78 bits per heavy atom. The molecule has 0 bridgehead atoms. The molecule has 2 aromatic rings. The molecule has 7 nitrogen and oxygen atoms in total. The average Bonchev–Trinajstić information content (AvgIpc) is 2.74. The normalized spacial score (nSPS) is 10.1. The van der Waals surface area contributed by atoms with Crippen molar-refractivity contribution in [2.45, 2.75) is 0 Å². The van der Waals surface area contributed by atoms with Crippen molar-refractivity contribution in [3.05, 3.63) is 32.2 Å². The van der Waals surface area contributed by atoms with Crippen molar-refractivity contribution in [1.82, 2.24) is 10.2 Å². The largest absolute Gasteiger partial charge is 0.497 e. The minimum atomic E-state index is -0.537. The van der Waals surface area contributed by atoms with E-state index in [2.05, 4.69) is 26.1 Å². The van der Waals surface area contributed by atoms with Crippen LogP contribution in [0.3, 0.4) is 0 Å². The second-order valence-corrected chi connectivity index (χ2v) is 5.23. The number of hydrogen-bond donors (Lipinski definition) is 0. The quantitative estimate of drug-likeness (QED) is 0.632. The lowest BCUT2D eigenvalue weighted by Gasteiger charge is -2.04. The molecule has 0 spiro atoms. The van der Waals surface area contributed by atoms with E-state index in [-0.39, 0.29) is 16.6 Å². The molecule has 0 saturated carbocycles. The Hall–Kier alpha value is -1.74. The Balaban J connectivity index is 2.37. The zero-order valence-corrected chi connectivity index (χ0v) is 11.4. The summed E-state index contributed by atoms with van der Waals surface area (Å²) in [6.07, 6.45) is 0. The first-order valence-corrected chi connectivity index (χ1v) is 6.20. The molecule has 94 valence electrons. The number of nitro benzene ring substituents is 1. The summed E-state index contributed by atoms with van der Waals surface area (Å²) in [5.74, 6) is 0.516. The zero-order valence-electron chi connectivity index (χ0n) is 8.99. The molecular weight excluding hydrogens is 326 g/mol. The summed E-state index contributed by atoms with van der Waals surface area (Å²) in [4.78, 5) is 10.3. The van der Waals surface area contributed by atoms with Crippen molar-refractivity contribution in [2.24, 2.45) is 0 Å². The minimum Gasteiger partial charge on any atom is -0.497 e. The predicted octanol–water partition coefficient (Wildman–Crippen LogP) is 3.01. The van der Waals surface area contributed by atoms with Gasteiger partial charge >= 0.3 is 10.9 Å². The third kappa shape index (κ3) is 2.74. The van der Waals surface area contributed by atoms with E-state index in [1.54, 1.807) is 0 Å². The van der Waals surface area contributed by atoms with Gasteiger partial charge in [-0.15, -0.1) is 5.10 Å². The second kappa shape index (κ2) is 5.27. The summed E-state index contributed by atoms with van der Waals surface area (Å²) < 4.78 is 10.8. The maximum atomic E-state index is 10.9. The summed E-state index contributed by atoms with van der Waals surface area (Å²) >= 11 is 4.25. The molecule has 1 aromatic heterocycles. The van der Waals surface area contributed by atoms with Crippen molar-refractivity contribution in [2.75, 3.05) is 7.11 Å². The molecule has 0 unspecified atom stereocenters. The Morgan fingerprint density at radius 1 is 1.44 bits per heavy atom. The molecule has 2 rings (SSSR count). The Morgan fingerprint density at radius 2 is 2.22 bits per heavy atom. The van der Waals surface area contributed by atoms with Crippen LogP contribution in [0.4, 0.5) is 5.69 Å². The van der Waals surface area contributed by atoms with Gasteiger partial charge in [0, 0.05) is 12.1 Å². The van der Waals surface area contributed by atoms with Crippen molar-refractivity contribution in [1.29, 1.82) is 0 Å². The van der Waals surface area contributed by atoms with Crippen molar-refractivity contribution in [3.8, 4) is 16.7 Å². The van der Waals surface area contributed by atoms with Crippen LogP contribution in [0, 0.1) is 10.1 Å². The monoisotopic (exact) mass is 331 g/mol. The molecule has 9 heteroatoms. The third-order valence-electron chi connectivity index (χ3n) is 1.94. The lowest BCUT2D eigenvalue weighted by Crippen LogP contribution is -1.94. The number of aromatic nitrogens is 2. The van der Waals surface area contributed by atoms with Gasteiger partial charge in [0.1, 0.15) is 5.75 Å². The highest BCUT2D eigenvalue weighted by Gasteiger charge is 2.18. The highest BCUT2D eigenvalue weighted by molar-refractivity contribution is 9.11. The molecule has 0 aliphatic carbocycles. The molecule has 1 heterocycles. The Bertz CT molecular complexity index is 589. The van der Waals surface area contributed by atoms with E-state index < -0.39 is 4.92 Å². The molecule has 0 atom stereocenters. The topological polar surface area (TPSA) is 87.4 Å². The van der Waals surface area contributed by atoms with Crippen LogP contribution in [-0.4, -0.2) is 22.2 Å². The van der Waals surface area contributed by atoms with Gasteiger partial charge in [0.15, 0.2) is 3.92 Å². The highest BCUT2D eigenvalue weighted by atomic mass is 79.9. The van der Waals surface area contributed by atoms with Crippen molar-refractivity contribution < 1.29 is 14.4 Å². The van der Waals surface area contributed by atoms with Crippen LogP contribution in [0.2, 0.25) is 0 Å². The fraction of sp³-hybridized carbons (Fsp3) is 0.111. The van der Waals surface area contributed by atoms with E-state index in [4.69, 9.17) is 9.47 Å². The molecule has 0 amide bonds. The lowest BCUT2D eigenvalue weighted by molar-refractivity contribution is -0.385. The van der Waals surface area contributed by atoms with E-state index in [0.29, 0.717) is 9.67 Å². The molecule has 1 aromatic carbocycles. The van der Waals surface area contributed by atoms with Gasteiger partial charge in [-0.1, -0.05) is 5.10 Å². The number of nitrogens with zero attached hydrogens (tertiary/aromatic N) is 3. The summed E-state index contributed by atoms with van der Waals surface area (Å²) in [5.41, 5.74) is -0.165. The van der Waals surface area contributed by atoms with E-state index in [0.717, 1.165) is 11.3 Å². The Labute approximate surface area is 114 Å². The van der Waals surface area contributed by atoms with Gasteiger partial charge in [-0.05, 0) is 33.3 Å². The molecule has 0 radical (unpaired) electrons. The number of ether oxygens (including phenoxy) is 2. The number of rotatable bonds is 4. The van der Waals surface area contributed by atoms with Crippen molar-refractivity contribution in [3.63, 3.8) is 0 Å². The molecular formula is C9H6BrN3O4S. The molecule has 0 N–H and O–H groups in total. The van der Waals surface area contributed by atoms with Gasteiger partial charge in [0.25, 0.3) is 0 Å². The van der Waals surface area contributed by atoms with Crippen molar-refractivity contribution >= 4 is 33.0 Å². The van der Waals surface area contributed by atoms with Crippen LogP contribution in [-0.2, 0) is 0 Å². The molecule has 0 aliphatic rings. The lowest BCUT2D eigenvalue weighted by atomic mass is 10.3. The summed E-state index contributed by atoms with van der Waals surface area (Å²) in [6.45, 7) is 0. The number of nitro groups is 1. The van der Waals surface area contributed by atoms with Gasteiger partial charge in [0.2, 0.25) is 5.75 Å². The standard InChI is InChI=1S/C9H6BrN3O4S/c1-16-5-2-3-6(13(14)15)7(4-5)17-9-12-11-8(10)18-9/h2-4H,1H3. The van der Waals surface area contributed by atoms with E-state index in [9.17, 15) is 10.1 Å². The first kappa shape index (κ1) is 12.7. The summed E-state index contributed by atoms with van der Waals surface area (Å²) in [7, 11) is 1.46. The maximum Gasteiger partial charge on any atom is 0.311 e. The molecule has 0 saturated heterocycles. The van der Waals surface area contributed by atoms with Crippen LogP contribution >= 0.6 is 27.3 Å². The molecule has 18 heavy (non-hydrogen) atoms. The van der Waals surface area contributed by atoms with Crippen LogP contribution in [0.1, 0.15) is 0 Å². The first-order valence-electron chi connectivity index (χ1n) is 4.59. The number of halogens is 1. The number of benzene rings is 1. The summed E-state index contributed by atoms with van der Waals surface area (Å²) in [5, 5.41) is 18.5. The zero-order chi connectivity index (χ0) is 13.1. The van der Waals surface area contributed by atoms with E-state index in [1.807, 2.05) is 0 Å².